The second-order valence-electron chi connectivity index (χ2n) is 5.29. The first kappa shape index (κ1) is 11.7. The molecule has 0 aromatic carbocycles. The van der Waals surface area contributed by atoms with Gasteiger partial charge in [0.2, 0.25) is 5.78 Å². The van der Waals surface area contributed by atoms with E-state index in [-0.39, 0.29) is 17.3 Å². The molecule has 1 saturated carbocycles. The van der Waals surface area contributed by atoms with E-state index in [0.29, 0.717) is 5.76 Å². The highest BCUT2D eigenvalue weighted by molar-refractivity contribution is 5.98. The molecule has 0 unspecified atom stereocenters. The van der Waals surface area contributed by atoms with Crippen molar-refractivity contribution >= 4 is 5.78 Å². The largest absolute Gasteiger partial charge is 0.483 e. The van der Waals surface area contributed by atoms with Crippen molar-refractivity contribution in [2.45, 2.75) is 64.4 Å². The van der Waals surface area contributed by atoms with Crippen LogP contribution in [0.4, 0.5) is 0 Å². The van der Waals surface area contributed by atoms with Gasteiger partial charge in [0.05, 0.1) is 5.92 Å². The van der Waals surface area contributed by atoms with Crippen molar-refractivity contribution in [3.05, 3.63) is 11.8 Å². The second kappa shape index (κ2) is 4.60. The lowest BCUT2D eigenvalue weighted by atomic mass is 9.76. The Kier molecular flexibility index (Phi) is 3.36. The molecular weight excluding hydrogens is 200 g/mol. The smallest absolute Gasteiger partial charge is 0.204 e. The molecule has 2 aliphatic rings. The summed E-state index contributed by atoms with van der Waals surface area (Å²) in [6.45, 7) is 4.27. The average molecular weight is 222 g/mol. The molecule has 0 amide bonds. The van der Waals surface area contributed by atoms with Crippen LogP contribution in [0.2, 0.25) is 0 Å². The standard InChI is InChI=1S/C14H22O2/c1-3-4-5-9-12-13(15)11-8-6-7-10-14(11,2)16-12/h9,11H,3-8,10H2,1-2H3/b12-9+/t11-,14-/m1/s1. The molecule has 1 heterocycles. The van der Waals surface area contributed by atoms with Crippen LogP contribution < -0.4 is 0 Å². The van der Waals surface area contributed by atoms with E-state index in [1.807, 2.05) is 6.08 Å². The predicted octanol–water partition coefficient (Wildman–Crippen LogP) is 3.61. The van der Waals surface area contributed by atoms with Gasteiger partial charge in [-0.05, 0) is 45.1 Å². The monoisotopic (exact) mass is 222 g/mol. The van der Waals surface area contributed by atoms with Crippen LogP contribution in [0.3, 0.4) is 0 Å². The van der Waals surface area contributed by atoms with E-state index in [1.165, 1.54) is 19.3 Å². The normalized spacial score (nSPS) is 36.2. The molecule has 1 saturated heterocycles. The van der Waals surface area contributed by atoms with Crippen LogP contribution >= 0.6 is 0 Å². The van der Waals surface area contributed by atoms with E-state index >= 15 is 0 Å². The van der Waals surface area contributed by atoms with Gasteiger partial charge in [-0.1, -0.05) is 19.8 Å². The molecule has 1 aliphatic carbocycles. The molecule has 2 nitrogen and oxygen atoms in total. The van der Waals surface area contributed by atoms with Gasteiger partial charge in [-0.25, -0.2) is 0 Å². The van der Waals surface area contributed by atoms with Gasteiger partial charge < -0.3 is 4.74 Å². The fourth-order valence-electron chi connectivity index (χ4n) is 2.89. The minimum Gasteiger partial charge on any atom is -0.483 e. The van der Waals surface area contributed by atoms with Gasteiger partial charge in [0, 0.05) is 0 Å². The maximum absolute atomic E-state index is 12.1. The minimum absolute atomic E-state index is 0.133. The molecule has 1 aliphatic heterocycles. The van der Waals surface area contributed by atoms with E-state index in [1.54, 1.807) is 0 Å². The fourth-order valence-corrected chi connectivity index (χ4v) is 2.89. The topological polar surface area (TPSA) is 26.3 Å². The quantitative estimate of drug-likeness (QED) is 0.538. The summed E-state index contributed by atoms with van der Waals surface area (Å²) in [5, 5.41) is 0. The van der Waals surface area contributed by atoms with Crippen molar-refractivity contribution in [1.82, 2.24) is 0 Å². The fraction of sp³-hybridized carbons (Fsp3) is 0.786. The number of fused-ring (bicyclic) bond motifs is 1. The molecule has 2 heteroatoms. The highest BCUT2D eigenvalue weighted by atomic mass is 16.5. The van der Waals surface area contributed by atoms with Gasteiger partial charge in [-0.15, -0.1) is 0 Å². The zero-order valence-electron chi connectivity index (χ0n) is 10.4. The first-order chi connectivity index (χ1) is 7.67. The number of ether oxygens (including phenoxy) is 1. The molecule has 0 aromatic heterocycles. The summed E-state index contributed by atoms with van der Waals surface area (Å²) in [5.41, 5.74) is -0.187. The number of unbranched alkanes of at least 4 members (excludes halogenated alkanes) is 2. The van der Waals surface area contributed by atoms with Crippen LogP contribution in [0, 0.1) is 5.92 Å². The molecule has 0 radical (unpaired) electrons. The summed E-state index contributed by atoms with van der Waals surface area (Å²) in [5.74, 6) is 1.05. The van der Waals surface area contributed by atoms with Crippen molar-refractivity contribution < 1.29 is 9.53 Å². The van der Waals surface area contributed by atoms with E-state index in [4.69, 9.17) is 4.74 Å². The first-order valence-corrected chi connectivity index (χ1v) is 6.61. The SMILES string of the molecule is CCCC/C=C1/O[C@]2(C)CCCC[C@@H]2C1=O. The van der Waals surface area contributed by atoms with Crippen molar-refractivity contribution in [3.8, 4) is 0 Å². The number of Topliss-reactive ketones (excluding diaryl/α,β-unsaturated/α-hetero) is 1. The van der Waals surface area contributed by atoms with E-state index in [0.717, 1.165) is 25.7 Å². The van der Waals surface area contributed by atoms with Gasteiger partial charge in [0.1, 0.15) is 5.60 Å². The third kappa shape index (κ3) is 2.02. The van der Waals surface area contributed by atoms with Crippen LogP contribution in [0.5, 0.6) is 0 Å². The molecule has 0 bridgehead atoms. The van der Waals surface area contributed by atoms with Gasteiger partial charge >= 0.3 is 0 Å². The van der Waals surface area contributed by atoms with Crippen LogP contribution in [0.15, 0.2) is 11.8 Å². The number of ketones is 1. The molecule has 16 heavy (non-hydrogen) atoms. The third-order valence-electron chi connectivity index (χ3n) is 3.94. The van der Waals surface area contributed by atoms with Crippen LogP contribution in [0.25, 0.3) is 0 Å². The van der Waals surface area contributed by atoms with Crippen molar-refractivity contribution in [2.75, 3.05) is 0 Å². The van der Waals surface area contributed by atoms with Crippen LogP contribution in [0.1, 0.15) is 58.8 Å². The molecule has 2 atom stereocenters. The molecule has 90 valence electrons. The lowest BCUT2D eigenvalue weighted by molar-refractivity contribution is -0.119. The average Bonchev–Trinajstić information content (AvgIpc) is 2.52. The highest BCUT2D eigenvalue weighted by Crippen LogP contribution is 2.45. The summed E-state index contributed by atoms with van der Waals surface area (Å²) in [4.78, 5) is 12.1. The van der Waals surface area contributed by atoms with Gasteiger partial charge in [0.15, 0.2) is 5.76 Å². The Hall–Kier alpha value is -0.790. The van der Waals surface area contributed by atoms with Crippen LogP contribution in [-0.2, 0) is 9.53 Å². The van der Waals surface area contributed by atoms with Gasteiger partial charge in [0.25, 0.3) is 0 Å². The summed E-state index contributed by atoms with van der Waals surface area (Å²) in [6, 6.07) is 0. The lowest BCUT2D eigenvalue weighted by Crippen LogP contribution is -2.36. The summed E-state index contributed by atoms with van der Waals surface area (Å²) < 4.78 is 5.92. The molecule has 0 N–H and O–H groups in total. The molecule has 0 aromatic rings. The van der Waals surface area contributed by atoms with Gasteiger partial charge in [-0.2, -0.15) is 0 Å². The minimum atomic E-state index is -0.187. The predicted molar refractivity (Wildman–Crippen MR) is 64.1 cm³/mol. The zero-order chi connectivity index (χ0) is 11.6. The van der Waals surface area contributed by atoms with Gasteiger partial charge in [-0.3, -0.25) is 4.79 Å². The Morgan fingerprint density at radius 3 is 3.00 bits per heavy atom. The van der Waals surface area contributed by atoms with E-state index in [2.05, 4.69) is 13.8 Å². The number of rotatable bonds is 3. The number of carbonyl (C=O) groups is 1. The highest BCUT2D eigenvalue weighted by Gasteiger charge is 2.50. The van der Waals surface area contributed by atoms with Crippen LogP contribution in [-0.4, -0.2) is 11.4 Å². The Bertz CT molecular complexity index is 306. The Morgan fingerprint density at radius 1 is 1.50 bits per heavy atom. The Labute approximate surface area is 98.1 Å². The van der Waals surface area contributed by atoms with E-state index < -0.39 is 0 Å². The summed E-state index contributed by atoms with van der Waals surface area (Å²) >= 11 is 0. The zero-order valence-corrected chi connectivity index (χ0v) is 10.4. The summed E-state index contributed by atoms with van der Waals surface area (Å²) in [7, 11) is 0. The van der Waals surface area contributed by atoms with Crippen molar-refractivity contribution in [2.24, 2.45) is 5.92 Å². The molecule has 2 rings (SSSR count). The van der Waals surface area contributed by atoms with E-state index in [9.17, 15) is 4.79 Å². The van der Waals surface area contributed by atoms with Crippen molar-refractivity contribution in [3.63, 3.8) is 0 Å². The summed E-state index contributed by atoms with van der Waals surface area (Å²) in [6.07, 6.45) is 9.71. The Balaban J connectivity index is 2.08. The molecular formula is C14H22O2. The number of carbonyl (C=O) groups excluding carboxylic acids is 1. The Morgan fingerprint density at radius 2 is 2.31 bits per heavy atom. The van der Waals surface area contributed by atoms with Crippen molar-refractivity contribution in [1.29, 1.82) is 0 Å². The second-order valence-corrected chi connectivity index (χ2v) is 5.29. The molecule has 0 spiro atoms. The molecule has 2 fully saturated rings. The lowest BCUT2D eigenvalue weighted by Gasteiger charge is -2.32. The maximum atomic E-state index is 12.1. The first-order valence-electron chi connectivity index (χ1n) is 6.61. The number of hydrogen-bond donors (Lipinski definition) is 0. The third-order valence-corrected chi connectivity index (χ3v) is 3.94. The number of hydrogen-bond acceptors (Lipinski definition) is 2. The maximum Gasteiger partial charge on any atom is 0.204 e. The number of allylic oxidation sites excluding steroid dienone is 2.